The number of hydrogen-bond donors (Lipinski definition) is 1. The SMILES string of the molecule is CN(C)C(=O)c1n[nH]c2c1CN(Cc1ccoc1)C2. The van der Waals surface area contributed by atoms with Gasteiger partial charge in [0, 0.05) is 44.9 Å². The molecule has 1 aliphatic rings. The number of carbonyl (C=O) groups excluding carboxylic acids is 1. The second kappa shape index (κ2) is 4.55. The fourth-order valence-electron chi connectivity index (χ4n) is 2.35. The quantitative estimate of drug-likeness (QED) is 0.901. The van der Waals surface area contributed by atoms with Crippen LogP contribution in [0.25, 0.3) is 0 Å². The Morgan fingerprint density at radius 1 is 1.53 bits per heavy atom. The summed E-state index contributed by atoms with van der Waals surface area (Å²) in [6.07, 6.45) is 3.42. The summed E-state index contributed by atoms with van der Waals surface area (Å²) in [6.45, 7) is 2.34. The van der Waals surface area contributed by atoms with E-state index in [-0.39, 0.29) is 5.91 Å². The normalized spacial score (nSPS) is 14.6. The summed E-state index contributed by atoms with van der Waals surface area (Å²) in [6, 6.07) is 1.96. The summed E-state index contributed by atoms with van der Waals surface area (Å²) >= 11 is 0. The molecular weight excluding hydrogens is 244 g/mol. The Morgan fingerprint density at radius 2 is 2.37 bits per heavy atom. The van der Waals surface area contributed by atoms with Crippen molar-refractivity contribution in [2.45, 2.75) is 19.6 Å². The van der Waals surface area contributed by atoms with E-state index in [4.69, 9.17) is 4.42 Å². The highest BCUT2D eigenvalue weighted by atomic mass is 16.3. The summed E-state index contributed by atoms with van der Waals surface area (Å²) in [5.74, 6) is -0.0531. The van der Waals surface area contributed by atoms with Crippen molar-refractivity contribution in [2.75, 3.05) is 14.1 Å². The molecule has 1 amide bonds. The van der Waals surface area contributed by atoms with Gasteiger partial charge in [-0.05, 0) is 6.07 Å². The summed E-state index contributed by atoms with van der Waals surface area (Å²) in [7, 11) is 3.48. The number of furan rings is 1. The highest BCUT2D eigenvalue weighted by Crippen LogP contribution is 2.25. The minimum Gasteiger partial charge on any atom is -0.472 e. The van der Waals surface area contributed by atoms with E-state index >= 15 is 0 Å². The molecule has 2 aromatic rings. The van der Waals surface area contributed by atoms with E-state index in [0.717, 1.165) is 36.5 Å². The molecule has 0 bridgehead atoms. The maximum atomic E-state index is 12.0. The van der Waals surface area contributed by atoms with Crippen LogP contribution in [-0.2, 0) is 19.6 Å². The van der Waals surface area contributed by atoms with Crippen molar-refractivity contribution in [3.05, 3.63) is 41.1 Å². The second-order valence-corrected chi connectivity index (χ2v) is 5.01. The second-order valence-electron chi connectivity index (χ2n) is 5.01. The van der Waals surface area contributed by atoms with Gasteiger partial charge in [-0.25, -0.2) is 0 Å². The number of H-pyrrole nitrogens is 1. The topological polar surface area (TPSA) is 65.4 Å². The molecule has 0 saturated carbocycles. The average Bonchev–Trinajstić information content (AvgIpc) is 3.04. The number of fused-ring (bicyclic) bond motifs is 1. The molecule has 2 aromatic heterocycles. The first-order valence-electron chi connectivity index (χ1n) is 6.16. The molecule has 0 radical (unpaired) electrons. The minimum atomic E-state index is -0.0531. The van der Waals surface area contributed by atoms with Crippen molar-refractivity contribution in [3.8, 4) is 0 Å². The number of amides is 1. The Morgan fingerprint density at radius 3 is 3.05 bits per heavy atom. The molecule has 3 heterocycles. The molecule has 1 aliphatic heterocycles. The van der Waals surface area contributed by atoms with Crippen molar-refractivity contribution in [3.63, 3.8) is 0 Å². The number of aromatic amines is 1. The maximum Gasteiger partial charge on any atom is 0.274 e. The summed E-state index contributed by atoms with van der Waals surface area (Å²) in [4.78, 5) is 15.8. The van der Waals surface area contributed by atoms with Gasteiger partial charge in [-0.2, -0.15) is 5.10 Å². The first-order chi connectivity index (χ1) is 9.15. The van der Waals surface area contributed by atoms with Gasteiger partial charge in [0.1, 0.15) is 0 Å². The standard InChI is InChI=1S/C13H16N4O2/c1-16(2)13(18)12-10-6-17(7-11(10)14-15-12)5-9-3-4-19-8-9/h3-4,8H,5-7H2,1-2H3,(H,14,15). The van der Waals surface area contributed by atoms with Crippen molar-refractivity contribution in [2.24, 2.45) is 0 Å². The van der Waals surface area contributed by atoms with E-state index in [1.807, 2.05) is 6.07 Å². The molecule has 0 aliphatic carbocycles. The number of nitrogens with one attached hydrogen (secondary N) is 1. The number of nitrogens with zero attached hydrogens (tertiary/aromatic N) is 3. The number of carbonyl (C=O) groups is 1. The molecule has 6 heteroatoms. The van der Waals surface area contributed by atoms with Crippen molar-refractivity contribution in [1.29, 1.82) is 0 Å². The molecule has 100 valence electrons. The highest BCUT2D eigenvalue weighted by molar-refractivity contribution is 5.93. The third-order valence-corrected chi connectivity index (χ3v) is 3.31. The monoisotopic (exact) mass is 260 g/mol. The van der Waals surface area contributed by atoms with Crippen LogP contribution in [0.3, 0.4) is 0 Å². The van der Waals surface area contributed by atoms with Crippen LogP contribution >= 0.6 is 0 Å². The molecule has 0 fully saturated rings. The first kappa shape index (κ1) is 12.0. The zero-order chi connectivity index (χ0) is 13.4. The van der Waals surface area contributed by atoms with Crippen molar-refractivity contribution >= 4 is 5.91 Å². The number of aromatic nitrogens is 2. The highest BCUT2D eigenvalue weighted by Gasteiger charge is 2.28. The average molecular weight is 260 g/mol. The van der Waals surface area contributed by atoms with Gasteiger partial charge >= 0.3 is 0 Å². The third kappa shape index (κ3) is 2.15. The van der Waals surface area contributed by atoms with Crippen LogP contribution in [0.1, 0.15) is 27.3 Å². The van der Waals surface area contributed by atoms with Crippen LogP contribution in [0.15, 0.2) is 23.0 Å². The minimum absolute atomic E-state index is 0.0531. The molecule has 3 rings (SSSR count). The largest absolute Gasteiger partial charge is 0.472 e. The van der Waals surface area contributed by atoms with Crippen LogP contribution < -0.4 is 0 Å². The molecular formula is C13H16N4O2. The summed E-state index contributed by atoms with van der Waals surface area (Å²) in [5, 5.41) is 7.10. The van der Waals surface area contributed by atoms with Gasteiger partial charge in [0.15, 0.2) is 5.69 Å². The van der Waals surface area contributed by atoms with Crippen LogP contribution in [-0.4, -0.2) is 40.0 Å². The zero-order valence-electron chi connectivity index (χ0n) is 11.0. The lowest BCUT2D eigenvalue weighted by atomic mass is 10.2. The number of rotatable bonds is 3. The Balaban J connectivity index is 1.76. The van der Waals surface area contributed by atoms with Crippen LogP contribution in [0.2, 0.25) is 0 Å². The van der Waals surface area contributed by atoms with E-state index in [1.165, 1.54) is 0 Å². The summed E-state index contributed by atoms with van der Waals surface area (Å²) in [5.41, 5.74) is 3.73. The number of hydrogen-bond acceptors (Lipinski definition) is 4. The molecule has 0 saturated heterocycles. The van der Waals surface area contributed by atoms with Gasteiger partial charge in [0.2, 0.25) is 0 Å². The Labute approximate surface area is 111 Å². The lowest BCUT2D eigenvalue weighted by Crippen LogP contribution is -2.24. The van der Waals surface area contributed by atoms with Crippen LogP contribution in [0.5, 0.6) is 0 Å². The molecule has 0 unspecified atom stereocenters. The van der Waals surface area contributed by atoms with Gasteiger partial charge in [-0.15, -0.1) is 0 Å². The Hall–Kier alpha value is -2.08. The lowest BCUT2D eigenvalue weighted by Gasteiger charge is -2.14. The fourth-order valence-corrected chi connectivity index (χ4v) is 2.35. The first-order valence-corrected chi connectivity index (χ1v) is 6.16. The Bertz CT molecular complexity index is 586. The van der Waals surface area contributed by atoms with Gasteiger partial charge in [0.25, 0.3) is 5.91 Å². The van der Waals surface area contributed by atoms with Crippen molar-refractivity contribution in [1.82, 2.24) is 20.0 Å². The molecule has 0 aromatic carbocycles. The van der Waals surface area contributed by atoms with Crippen LogP contribution in [0, 0.1) is 0 Å². The molecule has 1 N–H and O–H groups in total. The van der Waals surface area contributed by atoms with Gasteiger partial charge < -0.3 is 9.32 Å². The van der Waals surface area contributed by atoms with E-state index in [2.05, 4.69) is 15.1 Å². The Kier molecular flexibility index (Phi) is 2.87. The van der Waals surface area contributed by atoms with Gasteiger partial charge in [0.05, 0.1) is 18.2 Å². The van der Waals surface area contributed by atoms with Crippen LogP contribution in [0.4, 0.5) is 0 Å². The van der Waals surface area contributed by atoms with Gasteiger partial charge in [-0.3, -0.25) is 14.8 Å². The van der Waals surface area contributed by atoms with E-state index in [1.54, 1.807) is 31.5 Å². The zero-order valence-corrected chi connectivity index (χ0v) is 11.0. The van der Waals surface area contributed by atoms with E-state index in [0.29, 0.717) is 5.69 Å². The molecule has 0 spiro atoms. The molecule has 6 nitrogen and oxygen atoms in total. The predicted molar refractivity (Wildman–Crippen MR) is 68.3 cm³/mol. The van der Waals surface area contributed by atoms with E-state index < -0.39 is 0 Å². The molecule has 0 atom stereocenters. The smallest absolute Gasteiger partial charge is 0.274 e. The van der Waals surface area contributed by atoms with E-state index in [9.17, 15) is 4.79 Å². The molecule has 19 heavy (non-hydrogen) atoms. The lowest BCUT2D eigenvalue weighted by molar-refractivity contribution is 0.0820. The third-order valence-electron chi connectivity index (χ3n) is 3.31. The summed E-state index contributed by atoms with van der Waals surface area (Å²) < 4.78 is 5.07. The van der Waals surface area contributed by atoms with Crippen molar-refractivity contribution < 1.29 is 9.21 Å². The van der Waals surface area contributed by atoms with Gasteiger partial charge in [-0.1, -0.05) is 0 Å². The predicted octanol–water partition coefficient (Wildman–Crippen LogP) is 1.22. The fraction of sp³-hybridized carbons (Fsp3) is 0.385. The maximum absolute atomic E-state index is 12.0.